The number of piperidine rings is 2. The van der Waals surface area contributed by atoms with Gasteiger partial charge in [-0.15, -0.1) is 0 Å². The predicted molar refractivity (Wildman–Crippen MR) is 143 cm³/mol. The number of anilines is 1. The van der Waals surface area contributed by atoms with Gasteiger partial charge in [0.1, 0.15) is 16.9 Å². The second-order valence-corrected chi connectivity index (χ2v) is 10.7. The Kier molecular flexibility index (Phi) is 5.51. The standard InChI is InChI=1S/C28H31N7O2/c1-28(2,3)37-27(36)33-16-20-12-11-19(33)17-34(20)35-25(21-10-7-15-30-24(21)29)32-23-14-13-22(31-26(23)35)18-8-5-4-6-9-18/h4-10,13-15,19-20H,11-12,16-17H2,1-3H3,(H2,29,30). The lowest BCUT2D eigenvalue weighted by molar-refractivity contribution is -0.00231. The molecule has 3 fully saturated rings. The Labute approximate surface area is 215 Å². The average molecular weight is 498 g/mol. The Morgan fingerprint density at radius 2 is 1.76 bits per heavy atom. The first-order valence-corrected chi connectivity index (χ1v) is 12.7. The van der Waals surface area contributed by atoms with E-state index in [1.54, 1.807) is 6.20 Å². The number of hydrogen-bond donors (Lipinski definition) is 1. The molecule has 2 unspecified atom stereocenters. The van der Waals surface area contributed by atoms with E-state index in [9.17, 15) is 4.79 Å². The zero-order valence-electron chi connectivity index (χ0n) is 21.3. The number of nitrogens with two attached hydrogens (primary N) is 1. The molecular formula is C28H31N7O2. The summed E-state index contributed by atoms with van der Waals surface area (Å²) in [5.41, 5.74) is 9.99. The van der Waals surface area contributed by atoms with Gasteiger partial charge in [-0.1, -0.05) is 30.3 Å². The maximum absolute atomic E-state index is 13.0. The Bertz CT molecular complexity index is 1460. The maximum atomic E-state index is 13.0. The maximum Gasteiger partial charge on any atom is 0.410 e. The number of nitrogen functional groups attached to an aromatic ring is 1. The topological polar surface area (TPSA) is 102 Å². The number of amides is 1. The van der Waals surface area contributed by atoms with Crippen molar-refractivity contribution in [1.82, 2.24) is 24.5 Å². The zero-order chi connectivity index (χ0) is 25.7. The van der Waals surface area contributed by atoms with E-state index in [-0.39, 0.29) is 18.2 Å². The van der Waals surface area contributed by atoms with Crippen molar-refractivity contribution in [2.75, 3.05) is 23.8 Å². The van der Waals surface area contributed by atoms with Crippen LogP contribution in [0.15, 0.2) is 60.8 Å². The minimum Gasteiger partial charge on any atom is -0.444 e. The number of piperazine rings is 1. The van der Waals surface area contributed by atoms with Crippen LogP contribution in [-0.2, 0) is 4.74 Å². The lowest BCUT2D eigenvalue weighted by atomic mass is 9.92. The lowest BCUT2D eigenvalue weighted by Crippen LogP contribution is -2.67. The highest BCUT2D eigenvalue weighted by atomic mass is 16.6. The summed E-state index contributed by atoms with van der Waals surface area (Å²) >= 11 is 0. The van der Waals surface area contributed by atoms with Crippen molar-refractivity contribution in [3.05, 3.63) is 60.8 Å². The highest BCUT2D eigenvalue weighted by Gasteiger charge is 2.44. The summed E-state index contributed by atoms with van der Waals surface area (Å²) in [6, 6.07) is 18.1. The van der Waals surface area contributed by atoms with Crippen LogP contribution in [-0.4, -0.2) is 61.4 Å². The van der Waals surface area contributed by atoms with Crippen molar-refractivity contribution in [1.29, 1.82) is 0 Å². The van der Waals surface area contributed by atoms with Crippen molar-refractivity contribution in [3.8, 4) is 22.6 Å². The monoisotopic (exact) mass is 497 g/mol. The lowest BCUT2D eigenvalue weighted by Gasteiger charge is -2.52. The molecule has 190 valence electrons. The van der Waals surface area contributed by atoms with Gasteiger partial charge in [-0.3, -0.25) is 0 Å². The van der Waals surface area contributed by atoms with Gasteiger partial charge in [0.25, 0.3) is 0 Å². The molecule has 3 aromatic heterocycles. The van der Waals surface area contributed by atoms with Crippen molar-refractivity contribution in [2.45, 2.75) is 51.3 Å². The van der Waals surface area contributed by atoms with Crippen LogP contribution >= 0.6 is 0 Å². The van der Waals surface area contributed by atoms with Crippen LogP contribution < -0.4 is 10.7 Å². The first kappa shape index (κ1) is 23.3. The van der Waals surface area contributed by atoms with Gasteiger partial charge >= 0.3 is 6.09 Å². The van der Waals surface area contributed by atoms with Crippen molar-refractivity contribution in [3.63, 3.8) is 0 Å². The quantitative estimate of drug-likeness (QED) is 0.446. The number of rotatable bonds is 3. The molecule has 6 heterocycles. The minimum atomic E-state index is -0.531. The van der Waals surface area contributed by atoms with Crippen LogP contribution in [0.4, 0.5) is 10.6 Å². The van der Waals surface area contributed by atoms with Gasteiger partial charge in [-0.05, 0) is 57.9 Å². The van der Waals surface area contributed by atoms with E-state index in [0.29, 0.717) is 24.7 Å². The summed E-state index contributed by atoms with van der Waals surface area (Å²) in [6.45, 7) is 6.94. The largest absolute Gasteiger partial charge is 0.444 e. The fourth-order valence-corrected chi connectivity index (χ4v) is 5.34. The summed E-state index contributed by atoms with van der Waals surface area (Å²) < 4.78 is 7.81. The number of ether oxygens (including phenoxy) is 1. The fraction of sp³-hybridized carbons (Fsp3) is 0.357. The van der Waals surface area contributed by atoms with Gasteiger partial charge in [-0.2, -0.15) is 0 Å². The Morgan fingerprint density at radius 3 is 2.46 bits per heavy atom. The number of carbonyl (C=O) groups is 1. The van der Waals surface area contributed by atoms with E-state index in [0.717, 1.165) is 40.8 Å². The SMILES string of the molecule is CC(C)(C)OC(=O)N1CC2CCC1CN2n1c(-c2cccnc2N)nc2ccc(-c3ccccc3)nc21. The molecule has 4 aromatic rings. The molecular weight excluding hydrogens is 466 g/mol. The molecule has 0 radical (unpaired) electrons. The van der Waals surface area contributed by atoms with E-state index < -0.39 is 5.60 Å². The van der Waals surface area contributed by atoms with Gasteiger partial charge < -0.3 is 20.4 Å². The van der Waals surface area contributed by atoms with Gasteiger partial charge in [0.15, 0.2) is 11.5 Å². The molecule has 9 heteroatoms. The molecule has 2 bridgehead atoms. The molecule has 1 amide bonds. The van der Waals surface area contributed by atoms with Crippen LogP contribution in [0.2, 0.25) is 0 Å². The first-order chi connectivity index (χ1) is 17.8. The summed E-state index contributed by atoms with van der Waals surface area (Å²) in [7, 11) is 0. The molecule has 7 rings (SSSR count). The Hall–Kier alpha value is -4.14. The third kappa shape index (κ3) is 4.24. The Balaban J connectivity index is 1.45. The predicted octanol–water partition coefficient (Wildman–Crippen LogP) is 4.46. The molecule has 0 aliphatic carbocycles. The number of hydrogen-bond acceptors (Lipinski definition) is 7. The van der Waals surface area contributed by atoms with E-state index in [2.05, 4.69) is 26.8 Å². The molecule has 37 heavy (non-hydrogen) atoms. The summed E-state index contributed by atoms with van der Waals surface area (Å²) in [6.07, 6.45) is 3.32. The number of fused-ring (bicyclic) bond motifs is 4. The second kappa shape index (κ2) is 8.76. The van der Waals surface area contributed by atoms with E-state index in [1.807, 2.05) is 68.1 Å². The van der Waals surface area contributed by atoms with Gasteiger partial charge in [0.05, 0.1) is 29.9 Å². The average Bonchev–Trinajstić information content (AvgIpc) is 3.27. The molecule has 2 N–H and O–H groups in total. The summed E-state index contributed by atoms with van der Waals surface area (Å²) in [4.78, 5) is 29.2. The molecule has 0 saturated carbocycles. The van der Waals surface area contributed by atoms with Crippen molar-refractivity contribution in [2.24, 2.45) is 0 Å². The number of aromatic nitrogens is 4. The molecule has 0 spiro atoms. The third-order valence-electron chi connectivity index (χ3n) is 7.02. The second-order valence-electron chi connectivity index (χ2n) is 10.7. The highest BCUT2D eigenvalue weighted by Crippen LogP contribution is 2.35. The molecule has 1 aromatic carbocycles. The van der Waals surface area contributed by atoms with Crippen LogP contribution in [0.25, 0.3) is 33.8 Å². The van der Waals surface area contributed by atoms with Crippen LogP contribution in [0.1, 0.15) is 33.6 Å². The number of pyridine rings is 2. The number of carbonyl (C=O) groups excluding carboxylic acids is 1. The molecule has 3 saturated heterocycles. The number of nitrogens with zero attached hydrogens (tertiary/aromatic N) is 6. The normalized spacial score (nSPS) is 19.4. The van der Waals surface area contributed by atoms with Gasteiger partial charge in [0.2, 0.25) is 0 Å². The van der Waals surface area contributed by atoms with E-state index >= 15 is 0 Å². The summed E-state index contributed by atoms with van der Waals surface area (Å²) in [5, 5.41) is 2.30. The van der Waals surface area contributed by atoms with Crippen LogP contribution in [0.5, 0.6) is 0 Å². The fourth-order valence-electron chi connectivity index (χ4n) is 5.34. The molecule has 9 nitrogen and oxygen atoms in total. The zero-order valence-corrected chi connectivity index (χ0v) is 21.3. The van der Waals surface area contributed by atoms with Gasteiger partial charge in [0, 0.05) is 18.3 Å². The van der Waals surface area contributed by atoms with E-state index in [1.165, 1.54) is 0 Å². The Morgan fingerprint density at radius 1 is 0.973 bits per heavy atom. The van der Waals surface area contributed by atoms with Crippen molar-refractivity contribution < 1.29 is 9.53 Å². The first-order valence-electron chi connectivity index (χ1n) is 12.7. The van der Waals surface area contributed by atoms with Gasteiger partial charge in [-0.25, -0.2) is 24.4 Å². The number of benzene rings is 1. The van der Waals surface area contributed by atoms with E-state index in [4.69, 9.17) is 20.4 Å². The third-order valence-corrected chi connectivity index (χ3v) is 7.02. The van der Waals surface area contributed by atoms with Crippen molar-refractivity contribution >= 4 is 23.1 Å². The minimum absolute atomic E-state index is 0.0358. The number of imidazole rings is 1. The molecule has 2 atom stereocenters. The molecule has 3 aliphatic heterocycles. The molecule has 3 aliphatic rings. The van der Waals surface area contributed by atoms with Crippen LogP contribution in [0, 0.1) is 0 Å². The summed E-state index contributed by atoms with van der Waals surface area (Å²) in [5.74, 6) is 1.12. The smallest absolute Gasteiger partial charge is 0.410 e. The highest BCUT2D eigenvalue weighted by molar-refractivity contribution is 5.83. The van der Waals surface area contributed by atoms with Crippen LogP contribution in [0.3, 0.4) is 0 Å².